The Morgan fingerprint density at radius 1 is 1.57 bits per heavy atom. The maximum Gasteiger partial charge on any atom is 0.0921 e. The third-order valence-corrected chi connectivity index (χ3v) is 3.35. The summed E-state index contributed by atoms with van der Waals surface area (Å²) in [5.74, 6) is 0.705. The molecule has 3 heteroatoms. The van der Waals surface area contributed by atoms with E-state index in [1.165, 1.54) is 6.42 Å². The van der Waals surface area contributed by atoms with E-state index >= 15 is 0 Å². The molecule has 0 amide bonds. The summed E-state index contributed by atoms with van der Waals surface area (Å²) in [7, 11) is 0. The Labute approximate surface area is 87.1 Å². The minimum atomic E-state index is -0.691. The molecule has 0 aliphatic carbocycles. The van der Waals surface area contributed by atoms with E-state index in [9.17, 15) is 5.11 Å². The zero-order valence-corrected chi connectivity index (χ0v) is 9.42. The molecule has 0 bridgehead atoms. The highest BCUT2D eigenvalue weighted by Gasteiger charge is 2.36. The molecular formula is C11H24N2O. The largest absolute Gasteiger partial charge is 0.387 e. The molecule has 0 saturated carbocycles. The second kappa shape index (κ2) is 5.10. The summed E-state index contributed by atoms with van der Waals surface area (Å²) in [5.41, 5.74) is 4.99. The van der Waals surface area contributed by atoms with Crippen LogP contribution in [0.4, 0.5) is 0 Å². The summed E-state index contributed by atoms with van der Waals surface area (Å²) in [4.78, 5) is 0. The van der Waals surface area contributed by atoms with Crippen LogP contribution in [0.5, 0.6) is 0 Å². The van der Waals surface area contributed by atoms with Gasteiger partial charge in [0.2, 0.25) is 0 Å². The number of aliphatic hydroxyl groups is 1. The first-order chi connectivity index (χ1) is 6.62. The molecule has 0 aromatic carbocycles. The van der Waals surface area contributed by atoms with E-state index in [1.807, 2.05) is 0 Å². The predicted octanol–water partition coefficient (Wildman–Crippen LogP) is 0.864. The zero-order valence-electron chi connectivity index (χ0n) is 9.42. The van der Waals surface area contributed by atoms with Gasteiger partial charge in [-0.2, -0.15) is 0 Å². The van der Waals surface area contributed by atoms with Gasteiger partial charge in [-0.25, -0.2) is 0 Å². The Kier molecular flexibility index (Phi) is 4.35. The number of rotatable bonds is 4. The van der Waals surface area contributed by atoms with Crippen molar-refractivity contribution in [3.05, 3.63) is 0 Å². The van der Waals surface area contributed by atoms with Crippen molar-refractivity contribution in [2.75, 3.05) is 13.1 Å². The molecule has 4 N–H and O–H groups in total. The summed E-state index contributed by atoms with van der Waals surface area (Å²) in [5, 5.41) is 13.8. The van der Waals surface area contributed by atoms with E-state index in [0.717, 1.165) is 25.8 Å². The van der Waals surface area contributed by atoms with Gasteiger partial charge in [0.05, 0.1) is 5.60 Å². The first-order valence-electron chi connectivity index (χ1n) is 5.78. The van der Waals surface area contributed by atoms with Crippen molar-refractivity contribution >= 4 is 0 Å². The first-order valence-corrected chi connectivity index (χ1v) is 5.78. The van der Waals surface area contributed by atoms with Crippen LogP contribution in [0.15, 0.2) is 0 Å². The average molecular weight is 200 g/mol. The quantitative estimate of drug-likeness (QED) is 0.631. The van der Waals surface area contributed by atoms with E-state index < -0.39 is 5.60 Å². The van der Waals surface area contributed by atoms with Crippen LogP contribution in [0.25, 0.3) is 0 Å². The summed E-state index contributed by atoms with van der Waals surface area (Å²) in [6.07, 6.45) is 4.05. The van der Waals surface area contributed by atoms with Crippen molar-refractivity contribution in [2.45, 2.75) is 51.2 Å². The molecule has 3 unspecified atom stereocenters. The standard InChI is InChI=1S/C11H24N2O/c1-3-5-11(14,8-12)10-7-9(2)4-6-13-10/h9-10,13-14H,3-8,12H2,1-2H3. The van der Waals surface area contributed by atoms with Crippen LogP contribution in [0.3, 0.4) is 0 Å². The van der Waals surface area contributed by atoms with E-state index in [2.05, 4.69) is 19.2 Å². The highest BCUT2D eigenvalue weighted by Crippen LogP contribution is 2.26. The third kappa shape index (κ3) is 2.69. The van der Waals surface area contributed by atoms with Gasteiger partial charge in [0.25, 0.3) is 0 Å². The van der Waals surface area contributed by atoms with Crippen molar-refractivity contribution in [3.63, 3.8) is 0 Å². The Morgan fingerprint density at radius 2 is 2.29 bits per heavy atom. The smallest absolute Gasteiger partial charge is 0.0921 e. The third-order valence-electron chi connectivity index (χ3n) is 3.35. The van der Waals surface area contributed by atoms with Gasteiger partial charge >= 0.3 is 0 Å². The van der Waals surface area contributed by atoms with Crippen molar-refractivity contribution in [1.82, 2.24) is 5.32 Å². The fourth-order valence-corrected chi connectivity index (χ4v) is 2.37. The Balaban J connectivity index is 2.58. The lowest BCUT2D eigenvalue weighted by Gasteiger charge is -2.40. The van der Waals surface area contributed by atoms with Crippen LogP contribution in [0.2, 0.25) is 0 Å². The molecule has 1 heterocycles. The molecule has 1 rings (SSSR count). The van der Waals surface area contributed by atoms with Crippen molar-refractivity contribution in [1.29, 1.82) is 0 Å². The van der Waals surface area contributed by atoms with Gasteiger partial charge < -0.3 is 16.2 Å². The van der Waals surface area contributed by atoms with Crippen molar-refractivity contribution in [2.24, 2.45) is 11.7 Å². The van der Waals surface area contributed by atoms with Crippen molar-refractivity contribution < 1.29 is 5.11 Å². The molecule has 0 spiro atoms. The van der Waals surface area contributed by atoms with E-state index in [1.54, 1.807) is 0 Å². The van der Waals surface area contributed by atoms with Crippen molar-refractivity contribution in [3.8, 4) is 0 Å². The highest BCUT2D eigenvalue weighted by atomic mass is 16.3. The lowest BCUT2D eigenvalue weighted by molar-refractivity contribution is -0.0134. The molecule has 3 atom stereocenters. The molecule has 0 aromatic heterocycles. The minimum absolute atomic E-state index is 0.191. The van der Waals surface area contributed by atoms with E-state index in [-0.39, 0.29) is 6.04 Å². The Morgan fingerprint density at radius 3 is 2.79 bits per heavy atom. The van der Waals surface area contributed by atoms with Crippen LogP contribution in [-0.4, -0.2) is 29.8 Å². The number of hydrogen-bond acceptors (Lipinski definition) is 3. The second-order valence-corrected chi connectivity index (χ2v) is 4.69. The second-order valence-electron chi connectivity index (χ2n) is 4.69. The predicted molar refractivity (Wildman–Crippen MR) is 59.1 cm³/mol. The minimum Gasteiger partial charge on any atom is -0.387 e. The lowest BCUT2D eigenvalue weighted by Crippen LogP contribution is -2.57. The maximum atomic E-state index is 10.4. The van der Waals surface area contributed by atoms with Gasteiger partial charge in [-0.1, -0.05) is 20.3 Å². The van der Waals surface area contributed by atoms with Crippen LogP contribution >= 0.6 is 0 Å². The molecule has 84 valence electrons. The molecule has 1 saturated heterocycles. The molecule has 1 aliphatic heterocycles. The Bertz CT molecular complexity index is 175. The van der Waals surface area contributed by atoms with Crippen LogP contribution < -0.4 is 11.1 Å². The highest BCUT2D eigenvalue weighted by molar-refractivity contribution is 4.95. The Hall–Kier alpha value is -0.120. The van der Waals surface area contributed by atoms with Gasteiger partial charge in [0.15, 0.2) is 0 Å². The van der Waals surface area contributed by atoms with Gasteiger partial charge in [-0.3, -0.25) is 0 Å². The molecule has 1 fully saturated rings. The lowest BCUT2D eigenvalue weighted by atomic mass is 9.81. The molecular weight excluding hydrogens is 176 g/mol. The van der Waals surface area contributed by atoms with E-state index in [4.69, 9.17) is 5.73 Å². The number of piperidine rings is 1. The molecule has 1 aliphatic rings. The normalized spacial score (nSPS) is 32.6. The van der Waals surface area contributed by atoms with E-state index in [0.29, 0.717) is 12.5 Å². The number of nitrogens with two attached hydrogens (primary N) is 1. The van der Waals surface area contributed by atoms with Crippen LogP contribution in [0.1, 0.15) is 39.5 Å². The molecule has 3 nitrogen and oxygen atoms in total. The molecule has 14 heavy (non-hydrogen) atoms. The average Bonchev–Trinajstić information content (AvgIpc) is 2.18. The fourth-order valence-electron chi connectivity index (χ4n) is 2.37. The SMILES string of the molecule is CCCC(O)(CN)C1CC(C)CCN1. The number of nitrogens with one attached hydrogen (secondary N) is 1. The van der Waals surface area contributed by atoms with Gasteiger partial charge in [0, 0.05) is 12.6 Å². The maximum absolute atomic E-state index is 10.4. The fraction of sp³-hybridized carbons (Fsp3) is 1.00. The molecule has 0 radical (unpaired) electrons. The van der Waals surface area contributed by atoms with Crippen LogP contribution in [0, 0.1) is 5.92 Å². The summed E-state index contributed by atoms with van der Waals surface area (Å²) in [6.45, 7) is 5.71. The monoisotopic (exact) mass is 200 g/mol. The van der Waals surface area contributed by atoms with Gasteiger partial charge in [-0.15, -0.1) is 0 Å². The van der Waals surface area contributed by atoms with Gasteiger partial charge in [0.1, 0.15) is 0 Å². The topological polar surface area (TPSA) is 58.3 Å². The summed E-state index contributed by atoms with van der Waals surface area (Å²) < 4.78 is 0. The summed E-state index contributed by atoms with van der Waals surface area (Å²) in [6, 6.07) is 0.191. The van der Waals surface area contributed by atoms with Gasteiger partial charge in [-0.05, 0) is 31.7 Å². The molecule has 0 aromatic rings. The van der Waals surface area contributed by atoms with Crippen LogP contribution in [-0.2, 0) is 0 Å². The zero-order chi connectivity index (χ0) is 10.6. The summed E-state index contributed by atoms with van der Waals surface area (Å²) >= 11 is 0. The number of hydrogen-bond donors (Lipinski definition) is 3. The first kappa shape index (κ1) is 12.0.